The molecule has 1 N–H and O–H groups in total. The highest BCUT2D eigenvalue weighted by molar-refractivity contribution is 9.10. The summed E-state index contributed by atoms with van der Waals surface area (Å²) in [4.78, 5) is 0. The van der Waals surface area contributed by atoms with E-state index in [1.807, 2.05) is 0 Å². The van der Waals surface area contributed by atoms with Crippen LogP contribution < -0.4 is 5.32 Å². The monoisotopic (exact) mass is 305 g/mol. The summed E-state index contributed by atoms with van der Waals surface area (Å²) in [7, 11) is 0. The zero-order valence-electron chi connectivity index (χ0n) is 9.28. The molecule has 1 aromatic rings. The van der Waals surface area contributed by atoms with Crippen molar-refractivity contribution in [3.05, 3.63) is 27.4 Å². The van der Waals surface area contributed by atoms with E-state index < -0.39 is 0 Å². The maximum atomic E-state index is 13.0. The Bertz CT molecular complexity index is 394. The molecule has 1 aromatic carbocycles. The Hall–Kier alpha value is -0.280. The van der Waals surface area contributed by atoms with Crippen LogP contribution in [0.3, 0.4) is 0 Å². The zero-order chi connectivity index (χ0) is 11.9. The van der Waals surface area contributed by atoms with Crippen LogP contribution in [-0.4, -0.2) is 6.04 Å². The molecule has 1 nitrogen and oxygen atoms in total. The van der Waals surface area contributed by atoms with Gasteiger partial charge in [-0.15, -0.1) is 0 Å². The quantitative estimate of drug-likeness (QED) is 0.842. The summed E-state index contributed by atoms with van der Waals surface area (Å²) in [5.41, 5.74) is 1.14. The Kier molecular flexibility index (Phi) is 3.19. The summed E-state index contributed by atoms with van der Waals surface area (Å²) in [5.74, 6) is -0.326. The molecule has 0 radical (unpaired) electrons. The molecule has 88 valence electrons. The van der Waals surface area contributed by atoms with E-state index in [0.717, 1.165) is 5.69 Å². The van der Waals surface area contributed by atoms with Gasteiger partial charge in [0.15, 0.2) is 0 Å². The maximum Gasteiger partial charge on any atom is 0.125 e. The van der Waals surface area contributed by atoms with Crippen LogP contribution in [0, 0.1) is 11.2 Å². The summed E-state index contributed by atoms with van der Waals surface area (Å²) in [6.45, 7) is 4.38. The minimum atomic E-state index is -0.326. The molecule has 1 atom stereocenters. The molecule has 0 heterocycles. The van der Waals surface area contributed by atoms with E-state index in [2.05, 4.69) is 35.1 Å². The fourth-order valence-electron chi connectivity index (χ4n) is 1.70. The molecule has 1 aliphatic rings. The van der Waals surface area contributed by atoms with Crippen molar-refractivity contribution in [2.75, 3.05) is 5.32 Å². The van der Waals surface area contributed by atoms with Crippen LogP contribution in [0.2, 0.25) is 5.02 Å². The van der Waals surface area contributed by atoms with Gasteiger partial charge >= 0.3 is 0 Å². The lowest BCUT2D eigenvalue weighted by Crippen LogP contribution is -2.25. The average molecular weight is 307 g/mol. The fraction of sp³-hybridized carbons (Fsp3) is 0.500. The molecule has 4 heteroatoms. The van der Waals surface area contributed by atoms with Crippen molar-refractivity contribution in [1.29, 1.82) is 0 Å². The molecule has 1 aliphatic carbocycles. The summed E-state index contributed by atoms with van der Waals surface area (Å²) in [6.07, 6.45) is 2.47. The smallest absolute Gasteiger partial charge is 0.125 e. The van der Waals surface area contributed by atoms with Crippen molar-refractivity contribution in [1.82, 2.24) is 0 Å². The second-order valence-corrected chi connectivity index (χ2v) is 6.03. The van der Waals surface area contributed by atoms with E-state index in [1.54, 1.807) is 0 Å². The molecule has 2 rings (SSSR count). The second-order valence-electron chi connectivity index (χ2n) is 4.76. The van der Waals surface area contributed by atoms with Gasteiger partial charge in [-0.1, -0.05) is 18.5 Å². The van der Waals surface area contributed by atoms with E-state index in [0.29, 0.717) is 21.0 Å². The van der Waals surface area contributed by atoms with Gasteiger partial charge in [-0.3, -0.25) is 0 Å². The Labute approximate surface area is 109 Å². The lowest BCUT2D eigenvalue weighted by atomic mass is 10.0. The second kappa shape index (κ2) is 4.19. The van der Waals surface area contributed by atoms with Gasteiger partial charge in [0.1, 0.15) is 5.82 Å². The lowest BCUT2D eigenvalue weighted by molar-refractivity contribution is 0.493. The summed E-state index contributed by atoms with van der Waals surface area (Å²) < 4.78 is 13.7. The van der Waals surface area contributed by atoms with E-state index in [1.165, 1.54) is 25.0 Å². The van der Waals surface area contributed by atoms with Crippen molar-refractivity contribution < 1.29 is 4.39 Å². The van der Waals surface area contributed by atoms with E-state index in [4.69, 9.17) is 11.6 Å². The first-order chi connectivity index (χ1) is 7.42. The average Bonchev–Trinajstić information content (AvgIpc) is 2.91. The minimum absolute atomic E-state index is 0.326. The molecule has 0 amide bonds. The summed E-state index contributed by atoms with van der Waals surface area (Å²) in [6, 6.07) is 3.10. The molecular weight excluding hydrogens is 292 g/mol. The predicted molar refractivity (Wildman–Crippen MR) is 69.5 cm³/mol. The van der Waals surface area contributed by atoms with Crippen LogP contribution in [-0.2, 0) is 0 Å². The third kappa shape index (κ3) is 2.35. The minimum Gasteiger partial charge on any atom is -0.380 e. The third-order valence-corrected chi connectivity index (χ3v) is 4.38. The Morgan fingerprint density at radius 1 is 1.50 bits per heavy atom. The van der Waals surface area contributed by atoms with Gasteiger partial charge in [0.2, 0.25) is 0 Å². The SMILES string of the molecule is CC(Nc1c(Cl)cc(F)cc1Br)C1(C)CC1. The molecule has 1 fully saturated rings. The number of rotatable bonds is 3. The molecule has 0 saturated heterocycles. The first-order valence-electron chi connectivity index (χ1n) is 5.33. The fourth-order valence-corrected chi connectivity index (χ4v) is 2.62. The van der Waals surface area contributed by atoms with Crippen LogP contribution in [0.15, 0.2) is 16.6 Å². The first-order valence-corrected chi connectivity index (χ1v) is 6.50. The largest absolute Gasteiger partial charge is 0.380 e. The van der Waals surface area contributed by atoms with Crippen molar-refractivity contribution in [2.24, 2.45) is 5.41 Å². The lowest BCUT2D eigenvalue weighted by Gasteiger charge is -2.23. The summed E-state index contributed by atoms with van der Waals surface area (Å²) >= 11 is 9.34. The Morgan fingerprint density at radius 3 is 2.62 bits per heavy atom. The maximum absolute atomic E-state index is 13.0. The molecule has 0 aromatic heterocycles. The highest BCUT2D eigenvalue weighted by Gasteiger charge is 2.42. The Morgan fingerprint density at radius 2 is 2.12 bits per heavy atom. The highest BCUT2D eigenvalue weighted by Crippen LogP contribution is 2.49. The number of hydrogen-bond acceptors (Lipinski definition) is 1. The highest BCUT2D eigenvalue weighted by atomic mass is 79.9. The van der Waals surface area contributed by atoms with Crippen LogP contribution in [0.5, 0.6) is 0 Å². The van der Waals surface area contributed by atoms with Gasteiger partial charge in [-0.25, -0.2) is 4.39 Å². The van der Waals surface area contributed by atoms with Crippen LogP contribution >= 0.6 is 27.5 Å². The van der Waals surface area contributed by atoms with Gasteiger partial charge < -0.3 is 5.32 Å². The van der Waals surface area contributed by atoms with Crippen LogP contribution in [0.1, 0.15) is 26.7 Å². The molecule has 1 saturated carbocycles. The van der Waals surface area contributed by atoms with Crippen molar-refractivity contribution in [2.45, 2.75) is 32.7 Å². The van der Waals surface area contributed by atoms with Gasteiger partial charge in [0.05, 0.1) is 10.7 Å². The first kappa shape index (κ1) is 12.2. The van der Waals surface area contributed by atoms with Crippen molar-refractivity contribution in [3.63, 3.8) is 0 Å². The zero-order valence-corrected chi connectivity index (χ0v) is 11.6. The number of anilines is 1. The molecule has 0 bridgehead atoms. The van der Waals surface area contributed by atoms with Crippen molar-refractivity contribution in [3.8, 4) is 0 Å². The Balaban J connectivity index is 2.21. The van der Waals surface area contributed by atoms with Crippen LogP contribution in [0.25, 0.3) is 0 Å². The van der Waals surface area contributed by atoms with Gasteiger partial charge in [0, 0.05) is 10.5 Å². The van der Waals surface area contributed by atoms with Crippen molar-refractivity contribution >= 4 is 33.2 Å². The molecular formula is C12H14BrClFN. The van der Waals surface area contributed by atoms with E-state index in [9.17, 15) is 4.39 Å². The standard InChI is InChI=1S/C12H14BrClFN/c1-7(12(2)3-4-12)16-11-9(13)5-8(15)6-10(11)14/h5-7,16H,3-4H2,1-2H3. The number of halogens is 3. The third-order valence-electron chi connectivity index (χ3n) is 3.45. The topological polar surface area (TPSA) is 12.0 Å². The van der Waals surface area contributed by atoms with Gasteiger partial charge in [-0.05, 0) is 53.2 Å². The van der Waals surface area contributed by atoms with E-state index in [-0.39, 0.29) is 5.82 Å². The van der Waals surface area contributed by atoms with Gasteiger partial charge in [0.25, 0.3) is 0 Å². The number of hydrogen-bond donors (Lipinski definition) is 1. The number of nitrogens with one attached hydrogen (secondary N) is 1. The van der Waals surface area contributed by atoms with E-state index >= 15 is 0 Å². The molecule has 16 heavy (non-hydrogen) atoms. The number of benzene rings is 1. The molecule has 0 aliphatic heterocycles. The van der Waals surface area contributed by atoms with Gasteiger partial charge in [-0.2, -0.15) is 0 Å². The summed E-state index contributed by atoms with van der Waals surface area (Å²) in [5, 5.41) is 3.78. The molecule has 0 spiro atoms. The van der Waals surface area contributed by atoms with Crippen LogP contribution in [0.4, 0.5) is 10.1 Å². The molecule has 1 unspecified atom stereocenters. The normalized spacial score (nSPS) is 19.3. The predicted octanol–water partition coefficient (Wildman–Crippen LogP) is 4.84.